The van der Waals surface area contributed by atoms with E-state index in [1.54, 1.807) is 0 Å². The van der Waals surface area contributed by atoms with E-state index in [9.17, 15) is 5.11 Å². The first-order valence-electron chi connectivity index (χ1n) is 6.36. The Morgan fingerprint density at radius 3 is 2.80 bits per heavy atom. The van der Waals surface area contributed by atoms with Gasteiger partial charge in [-0.15, -0.1) is 0 Å². The van der Waals surface area contributed by atoms with Gasteiger partial charge in [-0.25, -0.2) is 0 Å². The van der Waals surface area contributed by atoms with E-state index in [0.29, 0.717) is 6.04 Å². The van der Waals surface area contributed by atoms with E-state index >= 15 is 0 Å². The molecule has 1 aliphatic rings. The highest BCUT2D eigenvalue weighted by molar-refractivity contribution is 4.75. The number of nitrogens with one attached hydrogen (secondary N) is 1. The summed E-state index contributed by atoms with van der Waals surface area (Å²) in [6.45, 7) is 8.50. The number of rotatable bonds is 6. The summed E-state index contributed by atoms with van der Waals surface area (Å²) in [5.41, 5.74) is 0. The van der Waals surface area contributed by atoms with Crippen molar-refractivity contribution >= 4 is 0 Å². The van der Waals surface area contributed by atoms with Crippen molar-refractivity contribution in [3.05, 3.63) is 0 Å². The van der Waals surface area contributed by atoms with Crippen LogP contribution in [-0.2, 0) is 0 Å². The summed E-state index contributed by atoms with van der Waals surface area (Å²) in [5, 5.41) is 12.8. The molecule has 0 spiro atoms. The van der Waals surface area contributed by atoms with Crippen LogP contribution in [0.2, 0.25) is 0 Å². The summed E-state index contributed by atoms with van der Waals surface area (Å²) in [6.07, 6.45) is 4.73. The number of hydrogen-bond donors (Lipinski definition) is 2. The maximum atomic E-state index is 9.26. The molecule has 0 radical (unpaired) electrons. The molecule has 0 aromatic heterocycles. The zero-order valence-electron chi connectivity index (χ0n) is 10.2. The third-order valence-electron chi connectivity index (χ3n) is 3.20. The summed E-state index contributed by atoms with van der Waals surface area (Å²) in [4.78, 5) is 2.44. The average molecular weight is 214 g/mol. The summed E-state index contributed by atoms with van der Waals surface area (Å²) < 4.78 is 0. The molecule has 0 saturated carbocycles. The van der Waals surface area contributed by atoms with Crippen LogP contribution in [0.4, 0.5) is 0 Å². The lowest BCUT2D eigenvalue weighted by Crippen LogP contribution is -2.44. The first kappa shape index (κ1) is 12.9. The lowest BCUT2D eigenvalue weighted by atomic mass is 10.0. The number of aliphatic hydroxyl groups is 1. The van der Waals surface area contributed by atoms with E-state index in [2.05, 4.69) is 17.1 Å². The Hall–Kier alpha value is -0.120. The molecule has 15 heavy (non-hydrogen) atoms. The van der Waals surface area contributed by atoms with Crippen molar-refractivity contribution in [2.24, 2.45) is 0 Å². The number of piperidine rings is 1. The molecule has 2 N–H and O–H groups in total. The van der Waals surface area contributed by atoms with Gasteiger partial charge in [0, 0.05) is 19.1 Å². The fraction of sp³-hybridized carbons (Fsp3) is 1.00. The first-order valence-corrected chi connectivity index (χ1v) is 6.36. The highest BCUT2D eigenvalue weighted by Gasteiger charge is 2.15. The van der Waals surface area contributed by atoms with E-state index in [-0.39, 0.29) is 6.10 Å². The topological polar surface area (TPSA) is 35.5 Å². The normalized spacial score (nSPS) is 24.4. The zero-order valence-corrected chi connectivity index (χ0v) is 10.2. The van der Waals surface area contributed by atoms with E-state index in [1.807, 2.05) is 6.92 Å². The van der Waals surface area contributed by atoms with Crippen LogP contribution in [0.3, 0.4) is 0 Å². The maximum Gasteiger partial charge on any atom is 0.0524 e. The maximum absolute atomic E-state index is 9.26. The van der Waals surface area contributed by atoms with E-state index in [1.165, 1.54) is 25.8 Å². The fourth-order valence-corrected chi connectivity index (χ4v) is 2.14. The van der Waals surface area contributed by atoms with Crippen molar-refractivity contribution in [1.29, 1.82) is 0 Å². The van der Waals surface area contributed by atoms with Crippen molar-refractivity contribution in [3.8, 4) is 0 Å². The Labute approximate surface area is 93.9 Å². The van der Waals surface area contributed by atoms with Crippen LogP contribution in [0, 0.1) is 0 Å². The summed E-state index contributed by atoms with van der Waals surface area (Å²) in [5.74, 6) is 0. The van der Waals surface area contributed by atoms with Crippen molar-refractivity contribution in [3.63, 3.8) is 0 Å². The number of likely N-dealkylation sites (N-methyl/N-ethyl adjacent to an activating group) is 1. The smallest absolute Gasteiger partial charge is 0.0524 e. The highest BCUT2D eigenvalue weighted by Crippen LogP contribution is 2.09. The van der Waals surface area contributed by atoms with Crippen LogP contribution in [0.1, 0.15) is 39.5 Å². The molecule has 1 fully saturated rings. The Morgan fingerprint density at radius 2 is 2.27 bits per heavy atom. The molecule has 1 heterocycles. The molecule has 3 nitrogen and oxygen atoms in total. The molecular formula is C12H26N2O. The standard InChI is InChI=1S/C12H26N2O/c1-3-14(9-7-11(2)15)10-12-6-4-5-8-13-12/h11-13,15H,3-10H2,1-2H3. The second kappa shape index (κ2) is 7.20. The Morgan fingerprint density at radius 1 is 1.47 bits per heavy atom. The van der Waals surface area contributed by atoms with Gasteiger partial charge >= 0.3 is 0 Å². The number of aliphatic hydroxyl groups excluding tert-OH is 1. The molecule has 2 unspecified atom stereocenters. The SMILES string of the molecule is CCN(CCC(C)O)CC1CCCCN1. The van der Waals surface area contributed by atoms with Gasteiger partial charge in [0.2, 0.25) is 0 Å². The van der Waals surface area contributed by atoms with Gasteiger partial charge in [0.25, 0.3) is 0 Å². The van der Waals surface area contributed by atoms with Gasteiger partial charge < -0.3 is 15.3 Å². The molecule has 0 aliphatic carbocycles. The Bertz CT molecular complexity index is 156. The van der Waals surface area contributed by atoms with E-state index in [4.69, 9.17) is 0 Å². The third-order valence-corrected chi connectivity index (χ3v) is 3.20. The van der Waals surface area contributed by atoms with E-state index in [0.717, 1.165) is 26.1 Å². The van der Waals surface area contributed by atoms with Crippen LogP contribution in [0.15, 0.2) is 0 Å². The molecule has 0 aromatic rings. The minimum Gasteiger partial charge on any atom is -0.393 e. The number of nitrogens with zero attached hydrogens (tertiary/aromatic N) is 1. The molecule has 1 aliphatic heterocycles. The van der Waals surface area contributed by atoms with Crippen molar-refractivity contribution in [2.45, 2.75) is 51.7 Å². The largest absolute Gasteiger partial charge is 0.393 e. The zero-order chi connectivity index (χ0) is 11.1. The van der Waals surface area contributed by atoms with Gasteiger partial charge in [-0.1, -0.05) is 13.3 Å². The molecule has 2 atom stereocenters. The summed E-state index contributed by atoms with van der Waals surface area (Å²) in [7, 11) is 0. The van der Waals surface area contributed by atoms with E-state index < -0.39 is 0 Å². The second-order valence-corrected chi connectivity index (χ2v) is 4.68. The highest BCUT2D eigenvalue weighted by atomic mass is 16.3. The van der Waals surface area contributed by atoms with Gasteiger partial charge in [0.1, 0.15) is 0 Å². The first-order chi connectivity index (χ1) is 7.22. The molecule has 0 bridgehead atoms. The average Bonchev–Trinajstić information content (AvgIpc) is 2.25. The fourth-order valence-electron chi connectivity index (χ4n) is 2.14. The molecule has 0 aromatic carbocycles. The molecular weight excluding hydrogens is 188 g/mol. The van der Waals surface area contributed by atoms with Crippen LogP contribution in [0.5, 0.6) is 0 Å². The molecule has 90 valence electrons. The van der Waals surface area contributed by atoms with Gasteiger partial charge in [-0.05, 0) is 39.3 Å². The predicted molar refractivity (Wildman–Crippen MR) is 64.1 cm³/mol. The van der Waals surface area contributed by atoms with Crippen LogP contribution in [0.25, 0.3) is 0 Å². The number of hydrogen-bond acceptors (Lipinski definition) is 3. The quantitative estimate of drug-likeness (QED) is 0.698. The van der Waals surface area contributed by atoms with Gasteiger partial charge in [0.05, 0.1) is 6.10 Å². The Balaban J connectivity index is 2.19. The van der Waals surface area contributed by atoms with Crippen molar-refractivity contribution in [2.75, 3.05) is 26.2 Å². The van der Waals surface area contributed by atoms with Crippen LogP contribution >= 0.6 is 0 Å². The molecule has 3 heteroatoms. The minimum absolute atomic E-state index is 0.168. The lowest BCUT2D eigenvalue weighted by Gasteiger charge is -2.30. The molecule has 1 rings (SSSR count). The van der Waals surface area contributed by atoms with Crippen LogP contribution < -0.4 is 5.32 Å². The summed E-state index contributed by atoms with van der Waals surface area (Å²) in [6, 6.07) is 0.674. The summed E-state index contributed by atoms with van der Waals surface area (Å²) >= 11 is 0. The molecule has 1 saturated heterocycles. The molecule has 0 amide bonds. The lowest BCUT2D eigenvalue weighted by molar-refractivity contribution is 0.150. The minimum atomic E-state index is -0.168. The Kier molecular flexibility index (Phi) is 6.22. The monoisotopic (exact) mass is 214 g/mol. The van der Waals surface area contributed by atoms with Crippen LogP contribution in [-0.4, -0.2) is 48.3 Å². The third kappa shape index (κ3) is 5.50. The van der Waals surface area contributed by atoms with Gasteiger partial charge in [-0.3, -0.25) is 0 Å². The van der Waals surface area contributed by atoms with Crippen molar-refractivity contribution < 1.29 is 5.11 Å². The van der Waals surface area contributed by atoms with Crippen molar-refractivity contribution in [1.82, 2.24) is 10.2 Å². The van der Waals surface area contributed by atoms with Gasteiger partial charge in [0.15, 0.2) is 0 Å². The van der Waals surface area contributed by atoms with Gasteiger partial charge in [-0.2, -0.15) is 0 Å². The second-order valence-electron chi connectivity index (χ2n) is 4.68. The predicted octanol–water partition coefficient (Wildman–Crippen LogP) is 1.22.